The summed E-state index contributed by atoms with van der Waals surface area (Å²) < 4.78 is 39.4. The van der Waals surface area contributed by atoms with Crippen molar-refractivity contribution in [1.29, 1.82) is 5.26 Å². The fourth-order valence-electron chi connectivity index (χ4n) is 2.53. The fourth-order valence-corrected chi connectivity index (χ4v) is 3.76. The van der Waals surface area contributed by atoms with Gasteiger partial charge in [-0.2, -0.15) is 5.26 Å². The van der Waals surface area contributed by atoms with E-state index in [9.17, 15) is 8.42 Å². The molecule has 0 aromatic heterocycles. The smallest absolute Gasteiger partial charge is 0.241 e. The molecule has 2 aromatic rings. The van der Waals surface area contributed by atoms with E-state index in [1.54, 1.807) is 6.92 Å². The second-order valence-corrected chi connectivity index (χ2v) is 8.10. The van der Waals surface area contributed by atoms with Gasteiger partial charge in [-0.1, -0.05) is 19.9 Å². The molecule has 0 spiro atoms. The van der Waals surface area contributed by atoms with Gasteiger partial charge in [0.2, 0.25) is 10.0 Å². The van der Waals surface area contributed by atoms with Crippen molar-refractivity contribution in [2.24, 2.45) is 0 Å². The van der Waals surface area contributed by atoms with Crippen LogP contribution in [0.4, 0.5) is 0 Å². The maximum absolute atomic E-state index is 12.6. The standard InChI is InChI=1S/C21H26N2O4S/c1-4-12-26-20-11-8-18(14-21(20)27-13-5-2)16(3)23-28(24,25)19-9-6-17(15-22)7-10-19/h6-11,14,16,23H,4-5,12-13H2,1-3H3. The first-order valence-corrected chi connectivity index (χ1v) is 10.8. The topological polar surface area (TPSA) is 88.4 Å². The van der Waals surface area contributed by atoms with Crippen molar-refractivity contribution >= 4 is 10.0 Å². The Morgan fingerprint density at radius 2 is 1.61 bits per heavy atom. The lowest BCUT2D eigenvalue weighted by Gasteiger charge is -2.18. The van der Waals surface area contributed by atoms with E-state index >= 15 is 0 Å². The molecule has 2 rings (SSSR count). The number of nitrogens with zero attached hydrogens (tertiary/aromatic N) is 1. The van der Waals surface area contributed by atoms with E-state index in [0.29, 0.717) is 30.3 Å². The number of hydrogen-bond acceptors (Lipinski definition) is 5. The SMILES string of the molecule is CCCOc1ccc(C(C)NS(=O)(=O)c2ccc(C#N)cc2)cc1OCCC. The molecule has 0 radical (unpaired) electrons. The van der Waals surface area contributed by atoms with Crippen LogP contribution < -0.4 is 14.2 Å². The van der Waals surface area contributed by atoms with Gasteiger partial charge in [0.05, 0.1) is 29.7 Å². The molecule has 0 aliphatic carbocycles. The van der Waals surface area contributed by atoms with Crippen LogP contribution in [-0.4, -0.2) is 21.6 Å². The number of ether oxygens (including phenoxy) is 2. The Balaban J connectivity index is 2.21. The van der Waals surface area contributed by atoms with E-state index < -0.39 is 16.1 Å². The summed E-state index contributed by atoms with van der Waals surface area (Å²) in [5.41, 5.74) is 1.18. The molecular weight excluding hydrogens is 376 g/mol. The molecule has 6 nitrogen and oxygen atoms in total. The van der Waals surface area contributed by atoms with Crippen LogP contribution in [0.25, 0.3) is 0 Å². The average Bonchev–Trinajstić information content (AvgIpc) is 2.70. The average molecular weight is 403 g/mol. The fraction of sp³-hybridized carbons (Fsp3) is 0.381. The Bertz CT molecular complexity index is 918. The normalized spacial score (nSPS) is 12.2. The van der Waals surface area contributed by atoms with Crippen molar-refractivity contribution in [2.45, 2.75) is 44.6 Å². The summed E-state index contributed by atoms with van der Waals surface area (Å²) in [5.74, 6) is 1.26. The number of benzene rings is 2. The number of rotatable bonds is 10. The quantitative estimate of drug-likeness (QED) is 0.644. The number of nitriles is 1. The van der Waals surface area contributed by atoms with Gasteiger partial charge >= 0.3 is 0 Å². The molecule has 0 heterocycles. The number of nitrogens with one attached hydrogen (secondary N) is 1. The maximum Gasteiger partial charge on any atom is 0.241 e. The zero-order valence-electron chi connectivity index (χ0n) is 16.4. The molecule has 1 unspecified atom stereocenters. The minimum atomic E-state index is -3.72. The van der Waals surface area contributed by atoms with Gasteiger partial charge < -0.3 is 9.47 Å². The predicted molar refractivity (Wildman–Crippen MR) is 108 cm³/mol. The Morgan fingerprint density at radius 1 is 1.00 bits per heavy atom. The second kappa shape index (κ2) is 10.1. The molecular formula is C21H26N2O4S. The first-order chi connectivity index (χ1) is 13.4. The highest BCUT2D eigenvalue weighted by atomic mass is 32.2. The third-order valence-corrected chi connectivity index (χ3v) is 5.57. The largest absolute Gasteiger partial charge is 0.490 e. The van der Waals surface area contributed by atoms with Crippen LogP contribution in [0.1, 0.15) is 50.8 Å². The summed E-state index contributed by atoms with van der Waals surface area (Å²) in [7, 11) is -3.72. The predicted octanol–water partition coefficient (Wildman–Crippen LogP) is 4.18. The molecule has 0 saturated carbocycles. The zero-order chi connectivity index (χ0) is 20.6. The van der Waals surface area contributed by atoms with Crippen molar-refractivity contribution in [2.75, 3.05) is 13.2 Å². The van der Waals surface area contributed by atoms with Crippen LogP contribution in [-0.2, 0) is 10.0 Å². The Morgan fingerprint density at radius 3 is 2.18 bits per heavy atom. The molecule has 0 aliphatic rings. The van der Waals surface area contributed by atoms with Crippen molar-refractivity contribution in [3.63, 3.8) is 0 Å². The monoisotopic (exact) mass is 402 g/mol. The minimum Gasteiger partial charge on any atom is -0.490 e. The van der Waals surface area contributed by atoms with Crippen molar-refractivity contribution in [1.82, 2.24) is 4.72 Å². The third kappa shape index (κ3) is 5.72. The summed E-state index contributed by atoms with van der Waals surface area (Å²) in [6.45, 7) is 6.96. The summed E-state index contributed by atoms with van der Waals surface area (Å²) in [5, 5.41) is 8.85. The third-order valence-electron chi connectivity index (χ3n) is 4.02. The van der Waals surface area contributed by atoms with Crippen LogP contribution in [0.3, 0.4) is 0 Å². The molecule has 150 valence electrons. The van der Waals surface area contributed by atoms with E-state index in [1.807, 2.05) is 38.1 Å². The van der Waals surface area contributed by atoms with Crippen molar-refractivity contribution in [3.05, 3.63) is 53.6 Å². The highest BCUT2D eigenvalue weighted by molar-refractivity contribution is 7.89. The van der Waals surface area contributed by atoms with E-state index in [1.165, 1.54) is 24.3 Å². The maximum atomic E-state index is 12.6. The first kappa shape index (κ1) is 21.7. The van der Waals surface area contributed by atoms with Crippen LogP contribution in [0.15, 0.2) is 47.4 Å². The zero-order valence-corrected chi connectivity index (χ0v) is 17.3. The van der Waals surface area contributed by atoms with E-state index in [0.717, 1.165) is 18.4 Å². The van der Waals surface area contributed by atoms with Crippen LogP contribution >= 0.6 is 0 Å². The summed E-state index contributed by atoms with van der Waals surface area (Å²) in [4.78, 5) is 0.115. The van der Waals surface area contributed by atoms with Gasteiger partial charge in [0.25, 0.3) is 0 Å². The van der Waals surface area contributed by atoms with Crippen LogP contribution in [0, 0.1) is 11.3 Å². The van der Waals surface area contributed by atoms with Crippen molar-refractivity contribution in [3.8, 4) is 17.6 Å². The molecule has 0 amide bonds. The van der Waals surface area contributed by atoms with Gasteiger partial charge in [-0.15, -0.1) is 0 Å². The first-order valence-electron chi connectivity index (χ1n) is 9.33. The molecule has 0 fully saturated rings. The minimum absolute atomic E-state index is 0.115. The Kier molecular flexibility index (Phi) is 7.85. The molecule has 0 saturated heterocycles. The van der Waals surface area contributed by atoms with E-state index in [4.69, 9.17) is 14.7 Å². The van der Waals surface area contributed by atoms with Gasteiger partial charge in [0, 0.05) is 6.04 Å². The summed E-state index contributed by atoms with van der Waals surface area (Å²) in [6, 6.07) is 12.8. The number of sulfonamides is 1. The van der Waals surface area contributed by atoms with E-state index in [2.05, 4.69) is 4.72 Å². The highest BCUT2D eigenvalue weighted by Crippen LogP contribution is 2.31. The highest BCUT2D eigenvalue weighted by Gasteiger charge is 2.19. The molecule has 1 atom stereocenters. The van der Waals surface area contributed by atoms with Gasteiger partial charge in [0.1, 0.15) is 0 Å². The van der Waals surface area contributed by atoms with Gasteiger partial charge in [0.15, 0.2) is 11.5 Å². The number of hydrogen-bond donors (Lipinski definition) is 1. The molecule has 2 aromatic carbocycles. The van der Waals surface area contributed by atoms with Gasteiger partial charge in [-0.3, -0.25) is 0 Å². The van der Waals surface area contributed by atoms with Crippen LogP contribution in [0.2, 0.25) is 0 Å². The molecule has 0 aliphatic heterocycles. The molecule has 1 N–H and O–H groups in total. The lowest BCUT2D eigenvalue weighted by molar-refractivity contribution is 0.268. The summed E-state index contributed by atoms with van der Waals surface area (Å²) in [6.07, 6.45) is 1.74. The molecule has 7 heteroatoms. The summed E-state index contributed by atoms with van der Waals surface area (Å²) >= 11 is 0. The van der Waals surface area contributed by atoms with E-state index in [-0.39, 0.29) is 4.90 Å². The second-order valence-electron chi connectivity index (χ2n) is 6.38. The van der Waals surface area contributed by atoms with Gasteiger partial charge in [-0.25, -0.2) is 13.1 Å². The Hall–Kier alpha value is -2.56. The Labute approximate surface area is 167 Å². The molecule has 0 bridgehead atoms. The lowest BCUT2D eigenvalue weighted by atomic mass is 10.1. The van der Waals surface area contributed by atoms with Gasteiger partial charge in [-0.05, 0) is 61.7 Å². The molecule has 28 heavy (non-hydrogen) atoms. The lowest BCUT2D eigenvalue weighted by Crippen LogP contribution is -2.27. The van der Waals surface area contributed by atoms with Crippen molar-refractivity contribution < 1.29 is 17.9 Å². The van der Waals surface area contributed by atoms with Crippen LogP contribution in [0.5, 0.6) is 11.5 Å².